The number of aliphatic hydroxyl groups is 1. The first-order valence-electron chi connectivity index (χ1n) is 11.6. The minimum Gasteiger partial charge on any atom is -0.444 e. The number of likely N-dealkylation sites (tertiary alicyclic amines) is 2. The van der Waals surface area contributed by atoms with E-state index in [4.69, 9.17) is 14.2 Å². The number of benzene rings is 1. The maximum absolute atomic E-state index is 11.9. The van der Waals surface area contributed by atoms with Gasteiger partial charge in [-0.1, -0.05) is 30.3 Å². The van der Waals surface area contributed by atoms with E-state index in [9.17, 15) is 14.7 Å². The number of carbonyl (C=O) groups is 2. The molecule has 2 aliphatic rings. The van der Waals surface area contributed by atoms with E-state index in [1.54, 1.807) is 4.90 Å². The SMILES string of the molecule is CC(C)(C)OC(=O)N1CCC(O)C1.CC(C)(C)OC(=O)N1CCC(OCc2ccccc2)C1. The molecule has 0 aromatic heterocycles. The molecular weight excluding hydrogens is 424 g/mol. The van der Waals surface area contributed by atoms with Crippen molar-refractivity contribution in [2.75, 3.05) is 26.2 Å². The maximum atomic E-state index is 11.9. The maximum Gasteiger partial charge on any atom is 0.410 e. The molecule has 2 unspecified atom stereocenters. The van der Waals surface area contributed by atoms with E-state index in [-0.39, 0.29) is 24.4 Å². The van der Waals surface area contributed by atoms with Crippen LogP contribution in [0.3, 0.4) is 0 Å². The fourth-order valence-corrected chi connectivity index (χ4v) is 3.38. The Morgan fingerprint density at radius 1 is 0.879 bits per heavy atom. The summed E-state index contributed by atoms with van der Waals surface area (Å²) in [5, 5.41) is 9.20. The van der Waals surface area contributed by atoms with Crippen molar-refractivity contribution in [3.63, 3.8) is 0 Å². The molecule has 2 amide bonds. The number of aliphatic hydroxyl groups excluding tert-OH is 1. The Kier molecular flexibility index (Phi) is 9.55. The smallest absolute Gasteiger partial charge is 0.410 e. The predicted molar refractivity (Wildman–Crippen MR) is 126 cm³/mol. The zero-order valence-corrected chi connectivity index (χ0v) is 20.9. The van der Waals surface area contributed by atoms with Crippen LogP contribution in [0.1, 0.15) is 59.9 Å². The minimum atomic E-state index is -0.454. The summed E-state index contributed by atoms with van der Waals surface area (Å²) in [4.78, 5) is 26.6. The van der Waals surface area contributed by atoms with Crippen molar-refractivity contribution in [1.82, 2.24) is 9.80 Å². The number of amides is 2. The molecular formula is C25H40N2O6. The molecule has 0 saturated carbocycles. The third-order valence-corrected chi connectivity index (χ3v) is 4.94. The number of hydrogen-bond acceptors (Lipinski definition) is 6. The van der Waals surface area contributed by atoms with Crippen LogP contribution < -0.4 is 0 Å². The van der Waals surface area contributed by atoms with Gasteiger partial charge in [0.25, 0.3) is 0 Å². The third-order valence-electron chi connectivity index (χ3n) is 4.94. The Morgan fingerprint density at radius 2 is 1.39 bits per heavy atom. The quantitative estimate of drug-likeness (QED) is 0.721. The highest BCUT2D eigenvalue weighted by molar-refractivity contribution is 5.69. The van der Waals surface area contributed by atoms with Gasteiger partial charge in [-0.3, -0.25) is 0 Å². The lowest BCUT2D eigenvalue weighted by Crippen LogP contribution is -2.36. The van der Waals surface area contributed by atoms with Gasteiger partial charge in [-0.2, -0.15) is 0 Å². The van der Waals surface area contributed by atoms with Crippen molar-refractivity contribution < 1.29 is 28.9 Å². The predicted octanol–water partition coefficient (Wildman–Crippen LogP) is 4.20. The summed E-state index contributed by atoms with van der Waals surface area (Å²) < 4.78 is 16.4. The molecule has 2 aliphatic heterocycles. The third kappa shape index (κ3) is 10.4. The molecule has 0 aliphatic carbocycles. The van der Waals surface area contributed by atoms with Gasteiger partial charge in [0.05, 0.1) is 25.4 Å². The van der Waals surface area contributed by atoms with Crippen molar-refractivity contribution in [2.45, 2.75) is 84.4 Å². The van der Waals surface area contributed by atoms with Gasteiger partial charge in [0.2, 0.25) is 0 Å². The summed E-state index contributed by atoms with van der Waals surface area (Å²) in [6.45, 7) is 14.0. The highest BCUT2D eigenvalue weighted by Crippen LogP contribution is 2.18. The Labute approximate surface area is 197 Å². The molecule has 2 saturated heterocycles. The van der Waals surface area contributed by atoms with E-state index in [1.807, 2.05) is 71.9 Å². The number of hydrogen-bond donors (Lipinski definition) is 1. The van der Waals surface area contributed by atoms with Crippen LogP contribution in [0, 0.1) is 0 Å². The molecule has 1 aromatic rings. The van der Waals surface area contributed by atoms with Gasteiger partial charge >= 0.3 is 12.2 Å². The molecule has 2 fully saturated rings. The van der Waals surface area contributed by atoms with E-state index >= 15 is 0 Å². The minimum absolute atomic E-state index is 0.0997. The zero-order chi connectivity index (χ0) is 24.6. The summed E-state index contributed by atoms with van der Waals surface area (Å²) in [7, 11) is 0. The number of carbonyl (C=O) groups excluding carboxylic acids is 2. The van der Waals surface area contributed by atoms with Gasteiger partial charge < -0.3 is 29.1 Å². The monoisotopic (exact) mass is 464 g/mol. The van der Waals surface area contributed by atoms with Gasteiger partial charge in [0.15, 0.2) is 0 Å². The molecule has 2 heterocycles. The molecule has 33 heavy (non-hydrogen) atoms. The highest BCUT2D eigenvalue weighted by atomic mass is 16.6. The molecule has 8 heteroatoms. The molecule has 0 spiro atoms. The Morgan fingerprint density at radius 3 is 1.88 bits per heavy atom. The number of nitrogens with zero attached hydrogens (tertiary/aromatic N) is 2. The fourth-order valence-electron chi connectivity index (χ4n) is 3.38. The topological polar surface area (TPSA) is 88.5 Å². The van der Waals surface area contributed by atoms with Crippen LogP contribution in [0.15, 0.2) is 30.3 Å². The second-order valence-electron chi connectivity index (χ2n) is 10.5. The van der Waals surface area contributed by atoms with Crippen molar-refractivity contribution >= 4 is 12.2 Å². The molecule has 186 valence electrons. The van der Waals surface area contributed by atoms with Crippen molar-refractivity contribution in [1.29, 1.82) is 0 Å². The van der Waals surface area contributed by atoms with E-state index in [2.05, 4.69) is 0 Å². The summed E-state index contributed by atoms with van der Waals surface area (Å²) in [5.41, 5.74) is 0.258. The standard InChI is InChI=1S/C16H23NO3.C9H17NO3/c1-16(2,3)20-15(18)17-10-9-14(11-17)19-12-13-7-5-4-6-8-13;1-9(2,3)13-8(12)10-5-4-7(11)6-10/h4-8,14H,9-12H2,1-3H3;7,11H,4-6H2,1-3H3. The Balaban J connectivity index is 0.000000257. The van der Waals surface area contributed by atoms with E-state index in [0.29, 0.717) is 39.2 Å². The average molecular weight is 465 g/mol. The van der Waals surface area contributed by atoms with Crippen LogP contribution in [0.25, 0.3) is 0 Å². The van der Waals surface area contributed by atoms with Crippen LogP contribution in [-0.2, 0) is 20.8 Å². The van der Waals surface area contributed by atoms with Crippen LogP contribution >= 0.6 is 0 Å². The number of β-amino-alcohol motifs (C(OH)–C–C–N with tert-alkyl or cyclic N) is 1. The van der Waals surface area contributed by atoms with Crippen LogP contribution in [0.5, 0.6) is 0 Å². The first-order chi connectivity index (χ1) is 15.3. The summed E-state index contributed by atoms with van der Waals surface area (Å²) in [6.07, 6.45) is 0.660. The van der Waals surface area contributed by atoms with Crippen LogP contribution in [0.2, 0.25) is 0 Å². The van der Waals surface area contributed by atoms with Crippen molar-refractivity contribution in [3.05, 3.63) is 35.9 Å². The lowest BCUT2D eigenvalue weighted by atomic mass is 10.2. The summed E-state index contributed by atoms with van der Waals surface area (Å²) >= 11 is 0. The van der Waals surface area contributed by atoms with Crippen molar-refractivity contribution in [3.8, 4) is 0 Å². The first-order valence-corrected chi connectivity index (χ1v) is 11.6. The lowest BCUT2D eigenvalue weighted by Gasteiger charge is -2.24. The molecule has 3 rings (SSSR count). The summed E-state index contributed by atoms with van der Waals surface area (Å²) in [6, 6.07) is 10.1. The normalized spacial score (nSPS) is 20.8. The summed E-state index contributed by atoms with van der Waals surface area (Å²) in [5.74, 6) is 0. The Bertz CT molecular complexity index is 756. The number of ether oxygens (including phenoxy) is 3. The second-order valence-corrected chi connectivity index (χ2v) is 10.5. The Hall–Kier alpha value is -2.32. The molecule has 1 aromatic carbocycles. The van der Waals surface area contributed by atoms with Gasteiger partial charge in [-0.05, 0) is 59.9 Å². The fraction of sp³-hybridized carbons (Fsp3) is 0.680. The van der Waals surface area contributed by atoms with Crippen LogP contribution in [-0.4, -0.2) is 76.7 Å². The van der Waals surface area contributed by atoms with E-state index in [1.165, 1.54) is 4.90 Å². The van der Waals surface area contributed by atoms with Gasteiger partial charge in [-0.15, -0.1) is 0 Å². The van der Waals surface area contributed by atoms with Crippen LogP contribution in [0.4, 0.5) is 9.59 Å². The largest absolute Gasteiger partial charge is 0.444 e. The average Bonchev–Trinajstić information content (AvgIpc) is 3.34. The van der Waals surface area contributed by atoms with E-state index in [0.717, 1.165) is 12.0 Å². The molecule has 1 N–H and O–H groups in total. The van der Waals surface area contributed by atoms with Crippen molar-refractivity contribution in [2.24, 2.45) is 0 Å². The zero-order valence-electron chi connectivity index (χ0n) is 20.9. The number of rotatable bonds is 3. The first kappa shape index (κ1) is 26.9. The van der Waals surface area contributed by atoms with Gasteiger partial charge in [-0.25, -0.2) is 9.59 Å². The van der Waals surface area contributed by atoms with Gasteiger partial charge in [0.1, 0.15) is 11.2 Å². The molecule has 0 radical (unpaired) electrons. The molecule has 8 nitrogen and oxygen atoms in total. The van der Waals surface area contributed by atoms with Gasteiger partial charge in [0, 0.05) is 19.6 Å². The highest BCUT2D eigenvalue weighted by Gasteiger charge is 2.30. The second kappa shape index (κ2) is 11.7. The lowest BCUT2D eigenvalue weighted by molar-refractivity contribution is 0.0184. The molecule has 2 atom stereocenters. The van der Waals surface area contributed by atoms with E-state index < -0.39 is 11.2 Å². The molecule has 0 bridgehead atoms.